The molecule has 0 radical (unpaired) electrons. The van der Waals surface area contributed by atoms with Gasteiger partial charge in [-0.15, -0.1) is 0 Å². The van der Waals surface area contributed by atoms with Crippen LogP contribution in [0.15, 0.2) is 24.4 Å². The van der Waals surface area contributed by atoms with Gasteiger partial charge in [-0.05, 0) is 18.2 Å². The molecule has 0 atom stereocenters. The molecule has 0 aliphatic carbocycles. The summed E-state index contributed by atoms with van der Waals surface area (Å²) in [6.07, 6.45) is 2.61. The first-order valence-corrected chi connectivity index (χ1v) is 5.27. The molecule has 84 valence electrons. The molecule has 0 saturated heterocycles. The van der Waals surface area contributed by atoms with E-state index in [2.05, 4.69) is 9.97 Å². The van der Waals surface area contributed by atoms with Crippen molar-refractivity contribution in [3.63, 3.8) is 0 Å². The van der Waals surface area contributed by atoms with Crippen LogP contribution in [0.25, 0.3) is 11.3 Å². The molecule has 16 heavy (non-hydrogen) atoms. The Morgan fingerprint density at radius 3 is 2.88 bits per heavy atom. The van der Waals surface area contributed by atoms with Crippen LogP contribution in [0.5, 0.6) is 0 Å². The summed E-state index contributed by atoms with van der Waals surface area (Å²) in [7, 11) is 0. The van der Waals surface area contributed by atoms with Crippen LogP contribution in [0.3, 0.4) is 0 Å². The van der Waals surface area contributed by atoms with Crippen LogP contribution < -0.4 is 5.73 Å². The lowest BCUT2D eigenvalue weighted by Gasteiger charge is -2.02. The monoisotopic (exact) mass is 219 g/mol. The number of H-pyrrole nitrogens is 1. The maximum atomic E-state index is 13.3. The van der Waals surface area contributed by atoms with Gasteiger partial charge in [0.05, 0.1) is 11.9 Å². The second-order valence-electron chi connectivity index (χ2n) is 3.61. The minimum Gasteiger partial charge on any atom is -0.342 e. The Labute approximate surface area is 93.5 Å². The van der Waals surface area contributed by atoms with Crippen molar-refractivity contribution < 1.29 is 4.39 Å². The highest BCUT2D eigenvalue weighted by atomic mass is 19.1. The van der Waals surface area contributed by atoms with E-state index >= 15 is 0 Å². The lowest BCUT2D eigenvalue weighted by molar-refractivity contribution is 0.611. The number of nitrogens with one attached hydrogen (secondary N) is 1. The largest absolute Gasteiger partial charge is 0.342 e. The molecular weight excluding hydrogens is 205 g/mol. The molecule has 0 bridgehead atoms. The standard InChI is InChI=1S/C12H14FN3/c1-2-12-15-7-11(16-12)8-3-4-10(13)9(5-8)6-14/h3-5,7H,2,6,14H2,1H3,(H,15,16). The van der Waals surface area contributed by atoms with E-state index < -0.39 is 0 Å². The van der Waals surface area contributed by atoms with E-state index in [4.69, 9.17) is 5.73 Å². The third-order valence-corrected chi connectivity index (χ3v) is 2.54. The zero-order valence-corrected chi connectivity index (χ0v) is 9.13. The number of nitrogens with two attached hydrogens (primary N) is 1. The summed E-state index contributed by atoms with van der Waals surface area (Å²) in [5.74, 6) is 0.662. The third kappa shape index (κ3) is 1.97. The van der Waals surface area contributed by atoms with Gasteiger partial charge in [-0.3, -0.25) is 0 Å². The molecule has 0 fully saturated rings. The third-order valence-electron chi connectivity index (χ3n) is 2.54. The summed E-state index contributed by atoms with van der Waals surface area (Å²) < 4.78 is 13.3. The molecule has 0 amide bonds. The Hall–Kier alpha value is -1.68. The van der Waals surface area contributed by atoms with Gasteiger partial charge in [-0.1, -0.05) is 6.92 Å². The molecule has 4 heteroatoms. The van der Waals surface area contributed by atoms with E-state index in [0.717, 1.165) is 23.5 Å². The maximum Gasteiger partial charge on any atom is 0.127 e. The molecule has 0 aliphatic heterocycles. The number of halogens is 1. The summed E-state index contributed by atoms with van der Waals surface area (Å²) in [6, 6.07) is 4.91. The smallest absolute Gasteiger partial charge is 0.127 e. The van der Waals surface area contributed by atoms with E-state index in [1.54, 1.807) is 18.3 Å². The van der Waals surface area contributed by atoms with Crippen LogP contribution in [0.4, 0.5) is 4.39 Å². The molecule has 3 N–H and O–H groups in total. The van der Waals surface area contributed by atoms with Crippen LogP contribution in [0.1, 0.15) is 18.3 Å². The number of benzene rings is 1. The van der Waals surface area contributed by atoms with E-state index in [0.29, 0.717) is 5.56 Å². The van der Waals surface area contributed by atoms with Crippen molar-refractivity contribution in [2.75, 3.05) is 0 Å². The van der Waals surface area contributed by atoms with Crippen molar-refractivity contribution >= 4 is 0 Å². The molecule has 2 aromatic rings. The van der Waals surface area contributed by atoms with Crippen molar-refractivity contribution in [2.45, 2.75) is 19.9 Å². The number of hydrogen-bond donors (Lipinski definition) is 2. The quantitative estimate of drug-likeness (QED) is 0.831. The van der Waals surface area contributed by atoms with Crippen LogP contribution in [0.2, 0.25) is 0 Å². The Kier molecular flexibility index (Phi) is 3.01. The molecule has 2 rings (SSSR count). The number of aromatic nitrogens is 2. The predicted octanol–water partition coefficient (Wildman–Crippen LogP) is 2.24. The predicted molar refractivity (Wildman–Crippen MR) is 61.3 cm³/mol. The number of hydrogen-bond acceptors (Lipinski definition) is 2. The van der Waals surface area contributed by atoms with Gasteiger partial charge in [-0.25, -0.2) is 9.37 Å². The van der Waals surface area contributed by atoms with Gasteiger partial charge >= 0.3 is 0 Å². The Morgan fingerprint density at radius 1 is 1.44 bits per heavy atom. The van der Waals surface area contributed by atoms with Crippen molar-refractivity contribution in [3.8, 4) is 11.3 Å². The van der Waals surface area contributed by atoms with Crippen LogP contribution in [-0.4, -0.2) is 9.97 Å². The number of imidazole rings is 1. The van der Waals surface area contributed by atoms with Gasteiger partial charge in [0, 0.05) is 24.1 Å². The van der Waals surface area contributed by atoms with Gasteiger partial charge in [0.25, 0.3) is 0 Å². The fourth-order valence-electron chi connectivity index (χ4n) is 1.59. The minimum absolute atomic E-state index is 0.203. The van der Waals surface area contributed by atoms with Crippen LogP contribution in [0, 0.1) is 5.82 Å². The summed E-state index contributed by atoms with van der Waals surface area (Å²) in [6.45, 7) is 2.23. The SMILES string of the molecule is CCc1ncc(-c2ccc(F)c(CN)c2)[nH]1. The van der Waals surface area contributed by atoms with E-state index in [-0.39, 0.29) is 12.4 Å². The topological polar surface area (TPSA) is 54.7 Å². The van der Waals surface area contributed by atoms with E-state index in [1.807, 2.05) is 6.92 Å². The van der Waals surface area contributed by atoms with E-state index in [9.17, 15) is 4.39 Å². The second kappa shape index (κ2) is 4.45. The first kappa shape index (κ1) is 10.8. The fourth-order valence-corrected chi connectivity index (χ4v) is 1.59. The van der Waals surface area contributed by atoms with Crippen molar-refractivity contribution in [2.24, 2.45) is 5.73 Å². The van der Waals surface area contributed by atoms with Gasteiger partial charge in [0.2, 0.25) is 0 Å². The minimum atomic E-state index is -0.263. The number of nitrogens with zero attached hydrogens (tertiary/aromatic N) is 1. The first-order valence-electron chi connectivity index (χ1n) is 5.27. The fraction of sp³-hybridized carbons (Fsp3) is 0.250. The molecule has 1 heterocycles. The summed E-state index contributed by atoms with van der Waals surface area (Å²) in [5.41, 5.74) is 7.79. The lowest BCUT2D eigenvalue weighted by atomic mass is 10.1. The van der Waals surface area contributed by atoms with Crippen LogP contribution >= 0.6 is 0 Å². The highest BCUT2D eigenvalue weighted by Crippen LogP contribution is 2.20. The molecule has 3 nitrogen and oxygen atoms in total. The van der Waals surface area contributed by atoms with E-state index in [1.165, 1.54) is 6.07 Å². The molecule has 1 aromatic carbocycles. The molecule has 0 saturated carbocycles. The second-order valence-corrected chi connectivity index (χ2v) is 3.61. The molecule has 1 aromatic heterocycles. The Morgan fingerprint density at radius 2 is 2.25 bits per heavy atom. The Bertz CT molecular complexity index is 491. The van der Waals surface area contributed by atoms with Gasteiger partial charge < -0.3 is 10.7 Å². The lowest BCUT2D eigenvalue weighted by Crippen LogP contribution is -1.99. The summed E-state index contributed by atoms with van der Waals surface area (Å²) in [4.78, 5) is 7.38. The summed E-state index contributed by atoms with van der Waals surface area (Å²) in [5, 5.41) is 0. The van der Waals surface area contributed by atoms with Crippen molar-refractivity contribution in [3.05, 3.63) is 41.6 Å². The summed E-state index contributed by atoms with van der Waals surface area (Å²) >= 11 is 0. The zero-order chi connectivity index (χ0) is 11.5. The maximum absolute atomic E-state index is 13.3. The zero-order valence-electron chi connectivity index (χ0n) is 9.13. The molecule has 0 spiro atoms. The normalized spacial score (nSPS) is 10.7. The highest BCUT2D eigenvalue weighted by Gasteiger charge is 2.06. The van der Waals surface area contributed by atoms with Gasteiger partial charge in [0.15, 0.2) is 0 Å². The highest BCUT2D eigenvalue weighted by molar-refractivity contribution is 5.59. The molecule has 0 aliphatic rings. The van der Waals surface area contributed by atoms with Crippen molar-refractivity contribution in [1.82, 2.24) is 9.97 Å². The number of aryl methyl sites for hydroxylation is 1. The average molecular weight is 219 g/mol. The van der Waals surface area contributed by atoms with Gasteiger partial charge in [-0.2, -0.15) is 0 Å². The Balaban J connectivity index is 2.40. The number of rotatable bonds is 3. The average Bonchev–Trinajstić information content (AvgIpc) is 2.78. The molecule has 0 unspecified atom stereocenters. The molecular formula is C12H14FN3. The van der Waals surface area contributed by atoms with Gasteiger partial charge in [0.1, 0.15) is 11.6 Å². The first-order chi connectivity index (χ1) is 7.74. The van der Waals surface area contributed by atoms with Crippen molar-refractivity contribution in [1.29, 1.82) is 0 Å². The number of aromatic amines is 1. The van der Waals surface area contributed by atoms with Crippen LogP contribution in [-0.2, 0) is 13.0 Å².